The minimum atomic E-state index is 0. The molecule has 0 bridgehead atoms. The number of unbranched alkanes of at least 4 members (excludes halogenated alkanes) is 1. The molecule has 0 saturated carbocycles. The number of nitrogens with one attached hydrogen (secondary N) is 2. The molecule has 1 rings (SSSR count). The highest BCUT2D eigenvalue weighted by atomic mass is 127. The Morgan fingerprint density at radius 1 is 1.00 bits per heavy atom. The fourth-order valence-electron chi connectivity index (χ4n) is 2.79. The van der Waals surface area contributed by atoms with Gasteiger partial charge in [-0.05, 0) is 45.2 Å². The van der Waals surface area contributed by atoms with Crippen LogP contribution >= 0.6 is 24.0 Å². The van der Waals surface area contributed by atoms with Gasteiger partial charge in [0, 0.05) is 45.8 Å². The van der Waals surface area contributed by atoms with Crippen LogP contribution in [0.3, 0.4) is 0 Å². The van der Waals surface area contributed by atoms with Crippen molar-refractivity contribution in [2.24, 2.45) is 10.9 Å². The van der Waals surface area contributed by atoms with E-state index in [1.807, 2.05) is 0 Å². The number of rotatable bonds is 10. The second-order valence-corrected chi connectivity index (χ2v) is 6.85. The van der Waals surface area contributed by atoms with Crippen molar-refractivity contribution in [2.75, 3.05) is 58.9 Å². The van der Waals surface area contributed by atoms with Crippen molar-refractivity contribution < 1.29 is 0 Å². The van der Waals surface area contributed by atoms with Crippen molar-refractivity contribution in [1.82, 2.24) is 20.4 Å². The minimum Gasteiger partial charge on any atom is -0.357 e. The van der Waals surface area contributed by atoms with E-state index in [1.165, 1.54) is 58.5 Å². The zero-order valence-electron chi connectivity index (χ0n) is 16.3. The van der Waals surface area contributed by atoms with Crippen LogP contribution in [0.2, 0.25) is 0 Å². The number of piperazine rings is 1. The summed E-state index contributed by atoms with van der Waals surface area (Å²) in [6.45, 7) is 19.1. The first kappa shape index (κ1) is 23.9. The second-order valence-electron chi connectivity index (χ2n) is 6.85. The van der Waals surface area contributed by atoms with Gasteiger partial charge in [-0.1, -0.05) is 20.8 Å². The topological polar surface area (TPSA) is 42.9 Å². The quantitative estimate of drug-likeness (QED) is 0.231. The molecule has 0 aromatic heterocycles. The zero-order chi connectivity index (χ0) is 16.9. The van der Waals surface area contributed by atoms with Gasteiger partial charge in [0.2, 0.25) is 0 Å². The first-order valence-corrected chi connectivity index (χ1v) is 9.62. The molecule has 0 aromatic rings. The molecule has 144 valence electrons. The number of halogens is 1. The molecule has 2 N–H and O–H groups in total. The van der Waals surface area contributed by atoms with Gasteiger partial charge in [-0.2, -0.15) is 0 Å². The van der Waals surface area contributed by atoms with Gasteiger partial charge in [-0.15, -0.1) is 24.0 Å². The third kappa shape index (κ3) is 11.5. The molecule has 0 atom stereocenters. The SMILES string of the molecule is CCNC(=NCCCCN1CCN(CC)CC1)NCCC(C)C.I. The lowest BCUT2D eigenvalue weighted by atomic mass is 10.1. The monoisotopic (exact) mass is 453 g/mol. The van der Waals surface area contributed by atoms with E-state index in [1.54, 1.807) is 0 Å². The number of hydrogen-bond donors (Lipinski definition) is 2. The van der Waals surface area contributed by atoms with Crippen LogP contribution in [-0.4, -0.2) is 74.7 Å². The smallest absolute Gasteiger partial charge is 0.191 e. The largest absolute Gasteiger partial charge is 0.357 e. The molecule has 1 heterocycles. The lowest BCUT2D eigenvalue weighted by molar-refractivity contribution is 0.136. The van der Waals surface area contributed by atoms with Gasteiger partial charge in [-0.25, -0.2) is 0 Å². The summed E-state index contributed by atoms with van der Waals surface area (Å²) in [5, 5.41) is 6.76. The molecule has 0 radical (unpaired) electrons. The first-order valence-electron chi connectivity index (χ1n) is 9.62. The van der Waals surface area contributed by atoms with Gasteiger partial charge in [0.25, 0.3) is 0 Å². The summed E-state index contributed by atoms with van der Waals surface area (Å²) in [6, 6.07) is 0. The first-order chi connectivity index (χ1) is 11.2. The number of aliphatic imine (C=N–C) groups is 1. The van der Waals surface area contributed by atoms with E-state index in [0.29, 0.717) is 0 Å². The molecule has 1 aliphatic heterocycles. The Labute approximate surface area is 167 Å². The number of nitrogens with zero attached hydrogens (tertiary/aromatic N) is 3. The van der Waals surface area contributed by atoms with Gasteiger partial charge < -0.3 is 20.4 Å². The summed E-state index contributed by atoms with van der Waals surface area (Å²) in [7, 11) is 0. The highest BCUT2D eigenvalue weighted by Gasteiger charge is 2.14. The lowest BCUT2D eigenvalue weighted by Gasteiger charge is -2.33. The van der Waals surface area contributed by atoms with E-state index in [-0.39, 0.29) is 24.0 Å². The van der Waals surface area contributed by atoms with E-state index in [4.69, 9.17) is 0 Å². The van der Waals surface area contributed by atoms with Crippen LogP contribution in [0.25, 0.3) is 0 Å². The Kier molecular flexibility index (Phi) is 15.1. The van der Waals surface area contributed by atoms with Gasteiger partial charge in [0.15, 0.2) is 5.96 Å². The fourth-order valence-corrected chi connectivity index (χ4v) is 2.79. The normalized spacial score (nSPS) is 17.0. The summed E-state index contributed by atoms with van der Waals surface area (Å²) in [5.74, 6) is 1.71. The highest BCUT2D eigenvalue weighted by molar-refractivity contribution is 14.0. The second kappa shape index (κ2) is 15.2. The van der Waals surface area contributed by atoms with Crippen molar-refractivity contribution in [1.29, 1.82) is 0 Å². The molecule has 1 aliphatic rings. The van der Waals surface area contributed by atoms with Crippen molar-refractivity contribution in [2.45, 2.75) is 47.0 Å². The van der Waals surface area contributed by atoms with E-state index in [9.17, 15) is 0 Å². The Hall–Kier alpha value is -0.0800. The van der Waals surface area contributed by atoms with E-state index < -0.39 is 0 Å². The Balaban J connectivity index is 0.00000529. The molecule has 5 nitrogen and oxygen atoms in total. The minimum absolute atomic E-state index is 0. The van der Waals surface area contributed by atoms with Crippen LogP contribution in [0.5, 0.6) is 0 Å². The standard InChI is InChI=1S/C18H39N5.HI/c1-5-19-18(21-11-9-17(3)4)20-10-7-8-12-23-15-13-22(6-2)14-16-23;/h17H,5-16H2,1-4H3,(H2,19,20,21);1H. The molecule has 0 amide bonds. The molecule has 1 saturated heterocycles. The van der Waals surface area contributed by atoms with Gasteiger partial charge in [0.1, 0.15) is 0 Å². The molecule has 1 fully saturated rings. The van der Waals surface area contributed by atoms with Crippen molar-refractivity contribution in [3.05, 3.63) is 0 Å². The molecule has 0 unspecified atom stereocenters. The maximum Gasteiger partial charge on any atom is 0.191 e. The lowest BCUT2D eigenvalue weighted by Crippen LogP contribution is -2.46. The third-order valence-corrected chi connectivity index (χ3v) is 4.42. The van der Waals surface area contributed by atoms with Gasteiger partial charge in [-0.3, -0.25) is 4.99 Å². The van der Waals surface area contributed by atoms with E-state index in [0.717, 1.165) is 31.5 Å². The fraction of sp³-hybridized carbons (Fsp3) is 0.944. The van der Waals surface area contributed by atoms with Crippen molar-refractivity contribution >= 4 is 29.9 Å². The summed E-state index contributed by atoms with van der Waals surface area (Å²) in [6.07, 6.45) is 3.62. The Morgan fingerprint density at radius 2 is 1.67 bits per heavy atom. The number of likely N-dealkylation sites (N-methyl/N-ethyl adjacent to an activating group) is 1. The summed E-state index contributed by atoms with van der Waals surface area (Å²) in [4.78, 5) is 9.82. The Morgan fingerprint density at radius 3 is 2.25 bits per heavy atom. The summed E-state index contributed by atoms with van der Waals surface area (Å²) in [5.41, 5.74) is 0. The van der Waals surface area contributed by atoms with Crippen LogP contribution in [0.4, 0.5) is 0 Å². The summed E-state index contributed by atoms with van der Waals surface area (Å²) >= 11 is 0. The van der Waals surface area contributed by atoms with Crippen LogP contribution in [0, 0.1) is 5.92 Å². The summed E-state index contributed by atoms with van der Waals surface area (Å²) < 4.78 is 0. The van der Waals surface area contributed by atoms with Crippen molar-refractivity contribution in [3.63, 3.8) is 0 Å². The molecule has 0 aromatic carbocycles. The van der Waals surface area contributed by atoms with Crippen LogP contribution < -0.4 is 10.6 Å². The highest BCUT2D eigenvalue weighted by Crippen LogP contribution is 2.03. The number of hydrogen-bond acceptors (Lipinski definition) is 3. The average Bonchev–Trinajstić information content (AvgIpc) is 2.54. The van der Waals surface area contributed by atoms with E-state index in [2.05, 4.69) is 53.1 Å². The molecular weight excluding hydrogens is 413 g/mol. The molecule has 0 aliphatic carbocycles. The molecule has 0 spiro atoms. The number of guanidine groups is 1. The molecular formula is C18H40IN5. The van der Waals surface area contributed by atoms with Crippen LogP contribution in [0.15, 0.2) is 4.99 Å². The van der Waals surface area contributed by atoms with Gasteiger partial charge >= 0.3 is 0 Å². The van der Waals surface area contributed by atoms with Crippen LogP contribution in [-0.2, 0) is 0 Å². The predicted molar refractivity (Wildman–Crippen MR) is 117 cm³/mol. The van der Waals surface area contributed by atoms with Gasteiger partial charge in [0.05, 0.1) is 0 Å². The third-order valence-electron chi connectivity index (χ3n) is 4.42. The maximum atomic E-state index is 4.69. The maximum absolute atomic E-state index is 4.69. The van der Waals surface area contributed by atoms with Crippen molar-refractivity contribution in [3.8, 4) is 0 Å². The van der Waals surface area contributed by atoms with E-state index >= 15 is 0 Å². The molecule has 6 heteroatoms. The van der Waals surface area contributed by atoms with Crippen LogP contribution in [0.1, 0.15) is 47.0 Å². The Bertz CT molecular complexity index is 315. The zero-order valence-corrected chi connectivity index (χ0v) is 18.6. The predicted octanol–water partition coefficient (Wildman–Crippen LogP) is 2.62. The average molecular weight is 453 g/mol. The molecule has 24 heavy (non-hydrogen) atoms.